The van der Waals surface area contributed by atoms with Gasteiger partial charge in [-0.15, -0.1) is 0 Å². The Balaban J connectivity index is 1.54. The van der Waals surface area contributed by atoms with Crippen LogP contribution in [-0.4, -0.2) is 19.8 Å². The fraction of sp³-hybridized carbons (Fsp3) is 0.684. The molecule has 0 heterocycles. The molecule has 0 unspecified atom stereocenters. The third-order valence-electron chi connectivity index (χ3n) is 6.21. The maximum Gasteiger partial charge on any atom is 0.165 e. The first kappa shape index (κ1) is 15.6. The first-order chi connectivity index (χ1) is 11.1. The quantitative estimate of drug-likeness (QED) is 0.864. The van der Waals surface area contributed by atoms with Gasteiger partial charge in [0.2, 0.25) is 0 Å². The zero-order chi connectivity index (χ0) is 16.0. The van der Waals surface area contributed by atoms with Gasteiger partial charge in [-0.25, -0.2) is 0 Å². The lowest BCUT2D eigenvalue weighted by molar-refractivity contribution is -0.0206. The average Bonchev–Trinajstić information content (AvgIpc) is 2.51. The van der Waals surface area contributed by atoms with E-state index in [4.69, 9.17) is 21.1 Å². The summed E-state index contributed by atoms with van der Waals surface area (Å²) in [6.45, 7) is 0.798. The van der Waals surface area contributed by atoms with Crippen molar-refractivity contribution in [3.63, 3.8) is 0 Å². The number of benzene rings is 1. The van der Waals surface area contributed by atoms with Gasteiger partial charge >= 0.3 is 0 Å². The van der Waals surface area contributed by atoms with E-state index in [1.165, 1.54) is 38.5 Å². The highest BCUT2D eigenvalue weighted by Gasteiger charge is 2.50. The number of hydrogen-bond donors (Lipinski definition) is 1. The van der Waals surface area contributed by atoms with Crippen molar-refractivity contribution in [3.8, 4) is 11.5 Å². The minimum Gasteiger partial charge on any atom is -0.493 e. The standard InChI is InChI=1S/C19H26ClNO2/c1-22-17-7-16(20)6-15(18(17)23-2)11-21-19-8-12-3-13(9-19)5-14(4-12)10-19/h6-7,12-14,21H,3-5,8-11H2,1-2H3. The van der Waals surface area contributed by atoms with Crippen LogP contribution in [0.3, 0.4) is 0 Å². The van der Waals surface area contributed by atoms with E-state index in [1.807, 2.05) is 12.1 Å². The zero-order valence-electron chi connectivity index (χ0n) is 14.0. The van der Waals surface area contributed by atoms with Crippen molar-refractivity contribution >= 4 is 11.6 Å². The molecule has 0 aliphatic heterocycles. The van der Waals surface area contributed by atoms with E-state index in [1.54, 1.807) is 14.2 Å². The van der Waals surface area contributed by atoms with Gasteiger partial charge < -0.3 is 14.8 Å². The molecule has 3 nitrogen and oxygen atoms in total. The Morgan fingerprint density at radius 2 is 1.65 bits per heavy atom. The Bertz CT molecular complexity index is 566. The summed E-state index contributed by atoms with van der Waals surface area (Å²) < 4.78 is 11.0. The molecule has 4 aliphatic carbocycles. The van der Waals surface area contributed by atoms with Crippen molar-refractivity contribution in [2.24, 2.45) is 17.8 Å². The summed E-state index contributed by atoms with van der Waals surface area (Å²) in [4.78, 5) is 0. The number of methoxy groups -OCH3 is 2. The zero-order valence-corrected chi connectivity index (χ0v) is 14.8. The molecule has 0 saturated heterocycles. The van der Waals surface area contributed by atoms with Crippen molar-refractivity contribution in [1.82, 2.24) is 5.32 Å². The molecule has 1 aromatic carbocycles. The Morgan fingerprint density at radius 3 is 2.17 bits per heavy atom. The average molecular weight is 336 g/mol. The summed E-state index contributed by atoms with van der Waals surface area (Å²) in [5.74, 6) is 4.36. The fourth-order valence-corrected chi connectivity index (χ4v) is 5.98. The minimum atomic E-state index is 0.343. The highest BCUT2D eigenvalue weighted by atomic mass is 35.5. The predicted octanol–water partition coefficient (Wildman–Crippen LogP) is 4.42. The van der Waals surface area contributed by atoms with Crippen LogP contribution in [0.2, 0.25) is 5.02 Å². The second-order valence-corrected chi connectivity index (χ2v) is 8.29. The molecule has 0 spiro atoms. The number of hydrogen-bond acceptors (Lipinski definition) is 3. The Morgan fingerprint density at radius 1 is 1.04 bits per heavy atom. The van der Waals surface area contributed by atoms with Crippen LogP contribution in [0.5, 0.6) is 11.5 Å². The molecule has 4 saturated carbocycles. The van der Waals surface area contributed by atoms with E-state index in [0.29, 0.717) is 16.3 Å². The van der Waals surface area contributed by atoms with E-state index < -0.39 is 0 Å². The molecule has 4 bridgehead atoms. The van der Waals surface area contributed by atoms with E-state index >= 15 is 0 Å². The van der Waals surface area contributed by atoms with Gasteiger partial charge in [-0.1, -0.05) is 11.6 Å². The Labute approximate surface area is 143 Å². The highest BCUT2D eigenvalue weighted by molar-refractivity contribution is 6.30. The van der Waals surface area contributed by atoms with Crippen molar-refractivity contribution in [2.45, 2.75) is 50.6 Å². The summed E-state index contributed by atoms with van der Waals surface area (Å²) in [5.41, 5.74) is 1.43. The lowest BCUT2D eigenvalue weighted by Gasteiger charge is -2.57. The lowest BCUT2D eigenvalue weighted by Crippen LogP contribution is -2.58. The smallest absolute Gasteiger partial charge is 0.165 e. The SMILES string of the molecule is COc1cc(Cl)cc(CNC23CC4CC(CC(C4)C2)C3)c1OC. The number of halogens is 1. The molecule has 4 heteroatoms. The van der Waals surface area contributed by atoms with Crippen molar-refractivity contribution in [3.05, 3.63) is 22.7 Å². The summed E-state index contributed by atoms with van der Waals surface area (Å²) in [6, 6.07) is 3.81. The normalized spacial score (nSPS) is 34.7. The molecule has 0 radical (unpaired) electrons. The third kappa shape index (κ3) is 2.83. The summed E-state index contributed by atoms with van der Waals surface area (Å²) in [6.07, 6.45) is 8.44. The van der Waals surface area contributed by atoms with Crippen LogP contribution in [0, 0.1) is 17.8 Å². The van der Waals surface area contributed by atoms with Crippen LogP contribution >= 0.6 is 11.6 Å². The maximum atomic E-state index is 6.25. The van der Waals surface area contributed by atoms with Crippen LogP contribution in [0.1, 0.15) is 44.1 Å². The molecule has 0 atom stereocenters. The maximum absolute atomic E-state index is 6.25. The first-order valence-corrected chi connectivity index (χ1v) is 9.14. The van der Waals surface area contributed by atoms with Gasteiger partial charge in [0.05, 0.1) is 14.2 Å². The van der Waals surface area contributed by atoms with Crippen molar-refractivity contribution in [2.75, 3.05) is 14.2 Å². The number of rotatable bonds is 5. The predicted molar refractivity (Wildman–Crippen MR) is 92.3 cm³/mol. The molecule has 1 N–H and O–H groups in total. The fourth-order valence-electron chi connectivity index (χ4n) is 5.75. The molecule has 1 aromatic rings. The largest absolute Gasteiger partial charge is 0.493 e. The molecule has 4 fully saturated rings. The van der Waals surface area contributed by atoms with Gasteiger partial charge in [-0.05, 0) is 62.3 Å². The van der Waals surface area contributed by atoms with Crippen LogP contribution in [0.15, 0.2) is 12.1 Å². The summed E-state index contributed by atoms with van der Waals surface area (Å²) >= 11 is 6.25. The van der Waals surface area contributed by atoms with E-state index in [2.05, 4.69) is 5.32 Å². The van der Waals surface area contributed by atoms with Gasteiger partial charge in [0, 0.05) is 28.7 Å². The summed E-state index contributed by atoms with van der Waals surface area (Å²) in [5, 5.41) is 4.60. The Hall–Kier alpha value is -0.930. The summed E-state index contributed by atoms with van der Waals surface area (Å²) in [7, 11) is 3.35. The van der Waals surface area contributed by atoms with E-state index in [-0.39, 0.29) is 0 Å². The first-order valence-electron chi connectivity index (χ1n) is 8.76. The van der Waals surface area contributed by atoms with Gasteiger partial charge in [0.25, 0.3) is 0 Å². The lowest BCUT2D eigenvalue weighted by atomic mass is 9.53. The van der Waals surface area contributed by atoms with Gasteiger partial charge in [0.15, 0.2) is 11.5 Å². The molecular weight excluding hydrogens is 310 g/mol. The van der Waals surface area contributed by atoms with Crippen LogP contribution in [-0.2, 0) is 6.54 Å². The molecule has 126 valence electrons. The van der Waals surface area contributed by atoms with Crippen LogP contribution in [0.25, 0.3) is 0 Å². The highest BCUT2D eigenvalue weighted by Crippen LogP contribution is 2.55. The minimum absolute atomic E-state index is 0.343. The van der Waals surface area contributed by atoms with E-state index in [9.17, 15) is 0 Å². The monoisotopic (exact) mass is 335 g/mol. The second-order valence-electron chi connectivity index (χ2n) is 7.85. The molecule has 0 aromatic heterocycles. The topological polar surface area (TPSA) is 30.5 Å². The van der Waals surface area contributed by atoms with Crippen LogP contribution in [0.4, 0.5) is 0 Å². The third-order valence-corrected chi connectivity index (χ3v) is 6.43. The van der Waals surface area contributed by atoms with Gasteiger partial charge in [-0.2, -0.15) is 0 Å². The second kappa shape index (κ2) is 5.86. The molecule has 4 aliphatic rings. The molecule has 0 amide bonds. The van der Waals surface area contributed by atoms with Gasteiger partial charge in [0.1, 0.15) is 0 Å². The van der Waals surface area contributed by atoms with E-state index in [0.717, 1.165) is 35.6 Å². The van der Waals surface area contributed by atoms with Crippen molar-refractivity contribution in [1.29, 1.82) is 0 Å². The number of ether oxygens (including phenoxy) is 2. The Kier molecular flexibility index (Phi) is 3.97. The van der Waals surface area contributed by atoms with Crippen molar-refractivity contribution < 1.29 is 9.47 Å². The van der Waals surface area contributed by atoms with Gasteiger partial charge in [-0.3, -0.25) is 0 Å². The molecule has 23 heavy (non-hydrogen) atoms. The number of nitrogens with one attached hydrogen (secondary N) is 1. The molecular formula is C19H26ClNO2. The van der Waals surface area contributed by atoms with Crippen LogP contribution < -0.4 is 14.8 Å². The molecule has 5 rings (SSSR count).